The standard InChI is InChI=1S/C23H26ClN3O2/c24-20-9-2-1-8-18(20)23(19-14-26-15-21(19)25)27-13-16-6-5-7-17(12-16)29-22-10-3-4-11-28-22/h1-2,5-9,12,22,25-27H,3-4,10-11,13-15H2/b23-19-,25-21?. The van der Waals surface area contributed by atoms with Gasteiger partial charge in [0.2, 0.25) is 0 Å². The number of halogens is 1. The average molecular weight is 412 g/mol. The third-order valence-electron chi connectivity index (χ3n) is 5.19. The maximum atomic E-state index is 8.28. The molecule has 0 radical (unpaired) electrons. The fourth-order valence-corrected chi connectivity index (χ4v) is 3.90. The highest BCUT2D eigenvalue weighted by Crippen LogP contribution is 2.27. The smallest absolute Gasteiger partial charge is 0.199 e. The number of ether oxygens (including phenoxy) is 2. The zero-order chi connectivity index (χ0) is 20.1. The topological polar surface area (TPSA) is 66.4 Å². The van der Waals surface area contributed by atoms with E-state index in [-0.39, 0.29) is 6.29 Å². The van der Waals surface area contributed by atoms with Crippen molar-refractivity contribution in [3.63, 3.8) is 0 Å². The van der Waals surface area contributed by atoms with Gasteiger partial charge < -0.3 is 25.5 Å². The van der Waals surface area contributed by atoms with Crippen molar-refractivity contribution in [1.82, 2.24) is 10.6 Å². The van der Waals surface area contributed by atoms with Crippen LogP contribution in [-0.4, -0.2) is 31.7 Å². The summed E-state index contributed by atoms with van der Waals surface area (Å²) in [6.07, 6.45) is 3.02. The van der Waals surface area contributed by atoms with Crippen molar-refractivity contribution in [2.24, 2.45) is 0 Å². The molecule has 5 nitrogen and oxygen atoms in total. The van der Waals surface area contributed by atoms with Crippen molar-refractivity contribution in [3.8, 4) is 5.75 Å². The van der Waals surface area contributed by atoms with Crippen molar-refractivity contribution >= 4 is 23.0 Å². The Morgan fingerprint density at radius 1 is 1.17 bits per heavy atom. The molecule has 6 heteroatoms. The normalized spacial score (nSPS) is 21.1. The van der Waals surface area contributed by atoms with Gasteiger partial charge in [-0.15, -0.1) is 0 Å². The molecular weight excluding hydrogens is 386 g/mol. The van der Waals surface area contributed by atoms with E-state index in [0.717, 1.165) is 54.0 Å². The number of benzene rings is 2. The van der Waals surface area contributed by atoms with Gasteiger partial charge in [0.25, 0.3) is 0 Å². The molecule has 2 aromatic rings. The van der Waals surface area contributed by atoms with E-state index in [1.165, 1.54) is 0 Å². The summed E-state index contributed by atoms with van der Waals surface area (Å²) in [6, 6.07) is 15.8. The second-order valence-corrected chi connectivity index (χ2v) is 7.74. The van der Waals surface area contributed by atoms with Crippen LogP contribution in [0.15, 0.2) is 54.1 Å². The molecule has 4 rings (SSSR count). The second kappa shape index (κ2) is 9.44. The molecule has 0 bridgehead atoms. The molecule has 2 aromatic carbocycles. The van der Waals surface area contributed by atoms with Crippen LogP contribution in [0.25, 0.3) is 5.70 Å². The van der Waals surface area contributed by atoms with Crippen LogP contribution in [0.4, 0.5) is 0 Å². The fraction of sp³-hybridized carbons (Fsp3) is 0.348. The lowest BCUT2D eigenvalue weighted by Crippen LogP contribution is -2.25. The van der Waals surface area contributed by atoms with Crippen LogP contribution < -0.4 is 15.4 Å². The molecule has 2 fully saturated rings. The SMILES string of the molecule is N=C1CNC/C1=C(/NCc1cccc(OC2CCCCO2)c1)c1ccccc1Cl. The Morgan fingerprint density at radius 3 is 2.83 bits per heavy atom. The third-order valence-corrected chi connectivity index (χ3v) is 5.52. The zero-order valence-corrected chi connectivity index (χ0v) is 17.1. The van der Waals surface area contributed by atoms with E-state index in [0.29, 0.717) is 30.4 Å². The average Bonchev–Trinajstić information content (AvgIpc) is 3.16. The first kappa shape index (κ1) is 20.0. The van der Waals surface area contributed by atoms with Gasteiger partial charge in [-0.2, -0.15) is 0 Å². The Hall–Kier alpha value is -2.34. The molecule has 0 aromatic heterocycles. The fourth-order valence-electron chi connectivity index (χ4n) is 3.67. The molecule has 2 heterocycles. The Bertz CT molecular complexity index is 907. The van der Waals surface area contributed by atoms with Gasteiger partial charge in [-0.05, 0) is 36.6 Å². The van der Waals surface area contributed by atoms with E-state index in [9.17, 15) is 0 Å². The highest BCUT2D eigenvalue weighted by Gasteiger charge is 2.20. The predicted molar refractivity (Wildman–Crippen MR) is 116 cm³/mol. The Labute approximate surface area is 176 Å². The number of nitrogens with one attached hydrogen (secondary N) is 3. The summed E-state index contributed by atoms with van der Waals surface area (Å²) < 4.78 is 11.7. The lowest BCUT2D eigenvalue weighted by Gasteiger charge is -2.23. The molecule has 0 spiro atoms. The van der Waals surface area contributed by atoms with Crippen molar-refractivity contribution in [3.05, 3.63) is 70.3 Å². The van der Waals surface area contributed by atoms with Gasteiger partial charge in [0.1, 0.15) is 5.75 Å². The van der Waals surface area contributed by atoms with Gasteiger partial charge in [0, 0.05) is 47.9 Å². The summed E-state index contributed by atoms with van der Waals surface area (Å²) in [5, 5.41) is 15.7. The number of hydrogen-bond acceptors (Lipinski definition) is 5. The van der Waals surface area contributed by atoms with Gasteiger partial charge in [-0.1, -0.05) is 41.9 Å². The molecule has 3 N–H and O–H groups in total. The van der Waals surface area contributed by atoms with Crippen LogP contribution in [0.2, 0.25) is 5.02 Å². The predicted octanol–water partition coefficient (Wildman–Crippen LogP) is 4.37. The first-order valence-corrected chi connectivity index (χ1v) is 10.5. The largest absolute Gasteiger partial charge is 0.465 e. The Kier molecular flexibility index (Phi) is 6.49. The van der Waals surface area contributed by atoms with E-state index < -0.39 is 0 Å². The van der Waals surface area contributed by atoms with Crippen LogP contribution in [0.1, 0.15) is 30.4 Å². The molecule has 0 amide bonds. The second-order valence-electron chi connectivity index (χ2n) is 7.33. The summed E-state index contributed by atoms with van der Waals surface area (Å²) in [5.74, 6) is 0.818. The van der Waals surface area contributed by atoms with Gasteiger partial charge in [-0.3, -0.25) is 0 Å². The molecule has 2 saturated heterocycles. The van der Waals surface area contributed by atoms with Crippen LogP contribution in [0.5, 0.6) is 5.75 Å². The molecule has 2 aliphatic heterocycles. The monoisotopic (exact) mass is 411 g/mol. The summed E-state index contributed by atoms with van der Waals surface area (Å²) in [6.45, 7) is 2.62. The molecule has 2 aliphatic rings. The Morgan fingerprint density at radius 2 is 2.07 bits per heavy atom. The van der Waals surface area contributed by atoms with E-state index >= 15 is 0 Å². The summed E-state index contributed by atoms with van der Waals surface area (Å²) in [7, 11) is 0. The summed E-state index contributed by atoms with van der Waals surface area (Å²) in [5.41, 5.74) is 4.48. The van der Waals surface area contributed by atoms with Crippen LogP contribution in [0, 0.1) is 5.41 Å². The van der Waals surface area contributed by atoms with Crippen molar-refractivity contribution in [2.45, 2.75) is 32.1 Å². The lowest BCUT2D eigenvalue weighted by molar-refractivity contribution is -0.105. The van der Waals surface area contributed by atoms with Gasteiger partial charge in [0.05, 0.1) is 12.3 Å². The molecule has 0 saturated carbocycles. The molecule has 29 heavy (non-hydrogen) atoms. The molecule has 152 valence electrons. The van der Waals surface area contributed by atoms with E-state index in [1.54, 1.807) is 0 Å². The first-order valence-electron chi connectivity index (χ1n) is 10.1. The maximum absolute atomic E-state index is 8.28. The summed E-state index contributed by atoms with van der Waals surface area (Å²) in [4.78, 5) is 0. The number of hydrogen-bond donors (Lipinski definition) is 3. The third kappa shape index (κ3) is 4.99. The lowest BCUT2D eigenvalue weighted by atomic mass is 10.0. The minimum atomic E-state index is -0.155. The van der Waals surface area contributed by atoms with Crippen molar-refractivity contribution in [2.75, 3.05) is 19.7 Å². The molecule has 1 atom stereocenters. The van der Waals surface area contributed by atoms with Gasteiger partial charge in [-0.25, -0.2) is 0 Å². The van der Waals surface area contributed by atoms with Crippen molar-refractivity contribution < 1.29 is 9.47 Å². The maximum Gasteiger partial charge on any atom is 0.199 e. The Balaban J connectivity index is 1.51. The van der Waals surface area contributed by atoms with E-state index in [2.05, 4.69) is 16.7 Å². The summed E-state index contributed by atoms with van der Waals surface area (Å²) >= 11 is 6.46. The molecular formula is C23H26ClN3O2. The minimum Gasteiger partial charge on any atom is -0.465 e. The molecule has 1 unspecified atom stereocenters. The zero-order valence-electron chi connectivity index (χ0n) is 16.3. The van der Waals surface area contributed by atoms with Gasteiger partial charge in [0.15, 0.2) is 6.29 Å². The van der Waals surface area contributed by atoms with Gasteiger partial charge >= 0.3 is 0 Å². The first-order chi connectivity index (χ1) is 14.2. The number of rotatable bonds is 6. The quantitative estimate of drug-likeness (QED) is 0.660. The van der Waals surface area contributed by atoms with E-state index in [4.69, 9.17) is 26.5 Å². The van der Waals surface area contributed by atoms with Crippen LogP contribution in [0.3, 0.4) is 0 Å². The minimum absolute atomic E-state index is 0.155. The highest BCUT2D eigenvalue weighted by molar-refractivity contribution is 6.32. The molecule has 0 aliphatic carbocycles. The van der Waals surface area contributed by atoms with Crippen molar-refractivity contribution in [1.29, 1.82) is 5.41 Å². The van der Waals surface area contributed by atoms with Crippen LogP contribution in [-0.2, 0) is 11.3 Å². The van der Waals surface area contributed by atoms with Crippen LogP contribution >= 0.6 is 11.6 Å². The highest BCUT2D eigenvalue weighted by atomic mass is 35.5. The van der Waals surface area contributed by atoms with E-state index in [1.807, 2.05) is 42.5 Å².